The third-order valence-corrected chi connectivity index (χ3v) is 3.86. The van der Waals surface area contributed by atoms with E-state index in [2.05, 4.69) is 39.6 Å². The van der Waals surface area contributed by atoms with E-state index in [0.29, 0.717) is 16.0 Å². The third-order valence-electron chi connectivity index (χ3n) is 3.12. The third kappa shape index (κ3) is 5.86. The Morgan fingerprint density at radius 3 is 2.57 bits per heavy atom. The van der Waals surface area contributed by atoms with Gasteiger partial charge in [0.15, 0.2) is 0 Å². The van der Waals surface area contributed by atoms with E-state index < -0.39 is 0 Å². The summed E-state index contributed by atoms with van der Waals surface area (Å²) in [6.45, 7) is 3.83. The zero-order chi connectivity index (χ0) is 16.8. The van der Waals surface area contributed by atoms with Gasteiger partial charge in [-0.1, -0.05) is 23.2 Å². The van der Waals surface area contributed by atoms with Gasteiger partial charge in [-0.2, -0.15) is 4.98 Å². The molecule has 0 radical (unpaired) electrons. The van der Waals surface area contributed by atoms with Crippen molar-refractivity contribution < 1.29 is 0 Å². The minimum atomic E-state index is 0.492. The molecule has 0 saturated carbocycles. The van der Waals surface area contributed by atoms with Crippen molar-refractivity contribution in [1.82, 2.24) is 14.9 Å². The van der Waals surface area contributed by atoms with Gasteiger partial charge in [0.2, 0.25) is 5.95 Å². The first-order valence-electron chi connectivity index (χ1n) is 7.40. The van der Waals surface area contributed by atoms with Crippen LogP contribution in [0.2, 0.25) is 10.0 Å². The highest BCUT2D eigenvalue weighted by Crippen LogP contribution is 2.26. The molecular weight excluding hydrogens is 333 g/mol. The molecule has 0 aliphatic carbocycles. The van der Waals surface area contributed by atoms with Gasteiger partial charge >= 0.3 is 0 Å². The number of anilines is 3. The first-order chi connectivity index (χ1) is 10.9. The highest BCUT2D eigenvalue weighted by Gasteiger charge is 2.05. The minimum absolute atomic E-state index is 0.492. The van der Waals surface area contributed by atoms with Gasteiger partial charge < -0.3 is 15.5 Å². The normalized spacial score (nSPS) is 10.9. The van der Waals surface area contributed by atoms with E-state index in [9.17, 15) is 0 Å². The Kier molecular flexibility index (Phi) is 6.45. The molecule has 1 aromatic carbocycles. The van der Waals surface area contributed by atoms with Crippen LogP contribution in [-0.2, 0) is 0 Å². The lowest BCUT2D eigenvalue weighted by atomic mass is 10.3. The molecular formula is C16H21Cl2N5. The summed E-state index contributed by atoms with van der Waals surface area (Å²) in [6.07, 6.45) is 1.05. The van der Waals surface area contributed by atoms with Crippen LogP contribution in [0.5, 0.6) is 0 Å². The van der Waals surface area contributed by atoms with Gasteiger partial charge in [0.1, 0.15) is 5.82 Å². The zero-order valence-corrected chi connectivity index (χ0v) is 15.0. The highest BCUT2D eigenvalue weighted by atomic mass is 35.5. The van der Waals surface area contributed by atoms with Crippen LogP contribution in [0, 0.1) is 6.92 Å². The largest absolute Gasteiger partial charge is 0.370 e. The maximum absolute atomic E-state index is 6.02. The lowest BCUT2D eigenvalue weighted by molar-refractivity contribution is 0.405. The molecule has 0 saturated heterocycles. The van der Waals surface area contributed by atoms with E-state index in [1.807, 2.05) is 19.1 Å². The number of aryl methyl sites for hydroxylation is 1. The van der Waals surface area contributed by atoms with Crippen molar-refractivity contribution in [1.29, 1.82) is 0 Å². The fourth-order valence-corrected chi connectivity index (χ4v) is 2.33. The van der Waals surface area contributed by atoms with Crippen molar-refractivity contribution in [3.05, 3.63) is 40.0 Å². The molecule has 0 spiro atoms. The molecule has 0 aliphatic heterocycles. The van der Waals surface area contributed by atoms with Gasteiger partial charge in [-0.15, -0.1) is 0 Å². The van der Waals surface area contributed by atoms with Crippen LogP contribution in [0.1, 0.15) is 12.1 Å². The predicted octanol–water partition coefficient (Wildman–Crippen LogP) is 4.20. The summed E-state index contributed by atoms with van der Waals surface area (Å²) in [4.78, 5) is 11.0. The van der Waals surface area contributed by atoms with Crippen molar-refractivity contribution >= 4 is 40.7 Å². The van der Waals surface area contributed by atoms with E-state index in [-0.39, 0.29) is 0 Å². The van der Waals surface area contributed by atoms with Crippen LogP contribution in [0.15, 0.2) is 24.3 Å². The smallest absolute Gasteiger partial charge is 0.229 e. The van der Waals surface area contributed by atoms with Crippen LogP contribution < -0.4 is 10.6 Å². The molecule has 0 fully saturated rings. The van der Waals surface area contributed by atoms with E-state index in [1.54, 1.807) is 12.1 Å². The highest BCUT2D eigenvalue weighted by molar-refractivity contribution is 6.42. The van der Waals surface area contributed by atoms with Gasteiger partial charge in [0.05, 0.1) is 10.0 Å². The van der Waals surface area contributed by atoms with Crippen molar-refractivity contribution in [2.24, 2.45) is 0 Å². The summed E-state index contributed by atoms with van der Waals surface area (Å²) in [5.41, 5.74) is 1.68. The van der Waals surface area contributed by atoms with E-state index in [4.69, 9.17) is 23.2 Å². The quantitative estimate of drug-likeness (QED) is 0.730. The molecule has 0 amide bonds. The number of nitrogens with zero attached hydrogens (tertiary/aromatic N) is 3. The number of hydrogen-bond donors (Lipinski definition) is 2. The first-order valence-corrected chi connectivity index (χ1v) is 8.16. The number of hydrogen-bond acceptors (Lipinski definition) is 5. The Morgan fingerprint density at radius 1 is 1.09 bits per heavy atom. The average Bonchev–Trinajstić information content (AvgIpc) is 2.47. The second kappa shape index (κ2) is 8.34. The maximum Gasteiger partial charge on any atom is 0.229 e. The number of halogens is 2. The Labute approximate surface area is 147 Å². The molecule has 2 N–H and O–H groups in total. The zero-order valence-electron chi connectivity index (χ0n) is 13.5. The fourth-order valence-electron chi connectivity index (χ4n) is 2.03. The lowest BCUT2D eigenvalue weighted by Crippen LogP contribution is -2.16. The van der Waals surface area contributed by atoms with Gasteiger partial charge in [0.25, 0.3) is 0 Å². The summed E-state index contributed by atoms with van der Waals surface area (Å²) in [6, 6.07) is 7.25. The Bertz CT molecular complexity index is 661. The Balaban J connectivity index is 2.03. The number of nitrogens with one attached hydrogen (secondary N) is 2. The molecule has 0 atom stereocenters. The van der Waals surface area contributed by atoms with Crippen LogP contribution in [0.25, 0.3) is 0 Å². The first kappa shape index (κ1) is 17.8. The number of rotatable bonds is 7. The minimum Gasteiger partial charge on any atom is -0.370 e. The molecule has 7 heteroatoms. The number of benzene rings is 1. The van der Waals surface area contributed by atoms with Crippen LogP contribution in [0.3, 0.4) is 0 Å². The molecule has 2 aromatic rings. The second-order valence-electron chi connectivity index (χ2n) is 5.56. The Morgan fingerprint density at radius 2 is 1.87 bits per heavy atom. The summed E-state index contributed by atoms with van der Waals surface area (Å²) >= 11 is 11.9. The van der Waals surface area contributed by atoms with Crippen molar-refractivity contribution in [2.75, 3.05) is 37.8 Å². The van der Waals surface area contributed by atoms with Gasteiger partial charge in [-0.3, -0.25) is 0 Å². The van der Waals surface area contributed by atoms with Crippen LogP contribution >= 0.6 is 23.2 Å². The van der Waals surface area contributed by atoms with Gasteiger partial charge in [0, 0.05) is 24.0 Å². The molecule has 5 nitrogen and oxygen atoms in total. The second-order valence-corrected chi connectivity index (χ2v) is 6.37. The summed E-state index contributed by atoms with van der Waals surface area (Å²) in [5, 5.41) is 7.48. The molecule has 0 bridgehead atoms. The monoisotopic (exact) mass is 353 g/mol. The fraction of sp³-hybridized carbons (Fsp3) is 0.375. The molecule has 23 heavy (non-hydrogen) atoms. The molecule has 1 heterocycles. The van der Waals surface area contributed by atoms with Gasteiger partial charge in [-0.25, -0.2) is 4.98 Å². The van der Waals surface area contributed by atoms with E-state index in [0.717, 1.165) is 36.7 Å². The topological polar surface area (TPSA) is 53.1 Å². The molecule has 0 unspecified atom stereocenters. The Hall–Kier alpha value is -1.56. The lowest BCUT2D eigenvalue weighted by Gasteiger charge is -2.12. The standard InChI is InChI=1S/C16H21Cl2N5/c1-11-9-15(19-7-4-8-23(2)3)22-16(20-11)21-12-5-6-13(17)14(18)10-12/h5-6,9-10H,4,7-8H2,1-3H3,(H2,19,20,21,22). The average molecular weight is 354 g/mol. The van der Waals surface area contributed by atoms with Crippen molar-refractivity contribution in [3.8, 4) is 0 Å². The maximum atomic E-state index is 6.02. The predicted molar refractivity (Wildman–Crippen MR) is 98.2 cm³/mol. The van der Waals surface area contributed by atoms with E-state index in [1.165, 1.54) is 0 Å². The summed E-state index contributed by atoms with van der Waals surface area (Å²) in [7, 11) is 4.13. The molecule has 1 aromatic heterocycles. The number of aromatic nitrogens is 2. The molecule has 0 aliphatic rings. The van der Waals surface area contributed by atoms with Gasteiger partial charge in [-0.05, 0) is 52.2 Å². The van der Waals surface area contributed by atoms with Crippen molar-refractivity contribution in [3.63, 3.8) is 0 Å². The molecule has 124 valence electrons. The van der Waals surface area contributed by atoms with Crippen molar-refractivity contribution in [2.45, 2.75) is 13.3 Å². The van der Waals surface area contributed by atoms with Crippen LogP contribution in [0.4, 0.5) is 17.5 Å². The van der Waals surface area contributed by atoms with E-state index >= 15 is 0 Å². The molecule has 2 rings (SSSR count). The summed E-state index contributed by atoms with van der Waals surface area (Å²) in [5.74, 6) is 1.33. The van der Waals surface area contributed by atoms with Crippen LogP contribution in [-0.4, -0.2) is 42.1 Å². The summed E-state index contributed by atoms with van der Waals surface area (Å²) < 4.78 is 0. The SMILES string of the molecule is Cc1cc(NCCCN(C)C)nc(Nc2ccc(Cl)c(Cl)c2)n1.